The van der Waals surface area contributed by atoms with Crippen molar-refractivity contribution in [3.63, 3.8) is 0 Å². The summed E-state index contributed by atoms with van der Waals surface area (Å²) in [6.45, 7) is 0. The maximum absolute atomic E-state index is 6.24. The molecule has 2 aromatic heterocycles. The van der Waals surface area contributed by atoms with Gasteiger partial charge in [-0.3, -0.25) is 0 Å². The van der Waals surface area contributed by atoms with Crippen LogP contribution in [0.3, 0.4) is 0 Å². The number of imidazole rings is 1. The molecule has 0 aliphatic rings. The zero-order valence-corrected chi connectivity index (χ0v) is 9.32. The van der Waals surface area contributed by atoms with E-state index < -0.39 is 0 Å². The average Bonchev–Trinajstić information content (AvgIpc) is 2.83. The molecule has 1 aromatic carbocycles. The Hall–Kier alpha value is -2.13. The van der Waals surface area contributed by atoms with Gasteiger partial charge < -0.3 is 10.1 Å². The van der Waals surface area contributed by atoms with Gasteiger partial charge in [-0.1, -0.05) is 36.4 Å². The van der Waals surface area contributed by atoms with Gasteiger partial charge in [0, 0.05) is 6.20 Å². The van der Waals surface area contributed by atoms with E-state index in [1.165, 1.54) is 0 Å². The molecule has 0 fully saturated rings. The number of pyridine rings is 1. The average molecular weight is 223 g/mol. The van der Waals surface area contributed by atoms with Gasteiger partial charge in [0.25, 0.3) is 0 Å². The van der Waals surface area contributed by atoms with Gasteiger partial charge in [0.15, 0.2) is 0 Å². The highest BCUT2D eigenvalue weighted by Crippen LogP contribution is 2.19. The van der Waals surface area contributed by atoms with Crippen molar-refractivity contribution >= 4 is 5.52 Å². The Bertz CT molecular complexity index is 628. The number of hydrogen-bond donors (Lipinski definition) is 1. The first-order valence-electron chi connectivity index (χ1n) is 5.59. The van der Waals surface area contributed by atoms with Crippen molar-refractivity contribution in [1.29, 1.82) is 0 Å². The topological polar surface area (TPSA) is 43.3 Å². The van der Waals surface area contributed by atoms with Crippen LogP contribution in [0.5, 0.6) is 0 Å². The molecule has 2 N–H and O–H groups in total. The molecular formula is C14H13N3. The number of fused-ring (bicyclic) bond motifs is 1. The zero-order valence-electron chi connectivity index (χ0n) is 9.32. The first-order chi connectivity index (χ1) is 8.36. The van der Waals surface area contributed by atoms with Crippen LogP contribution >= 0.6 is 0 Å². The SMILES string of the molecule is NC(c1ccccc1)c1ncc2ccccn12. The fourth-order valence-corrected chi connectivity index (χ4v) is 2.00. The van der Waals surface area contributed by atoms with E-state index in [1.807, 2.05) is 65.3 Å². The van der Waals surface area contributed by atoms with Crippen molar-refractivity contribution in [2.45, 2.75) is 6.04 Å². The van der Waals surface area contributed by atoms with Gasteiger partial charge in [-0.15, -0.1) is 0 Å². The van der Waals surface area contributed by atoms with Gasteiger partial charge in [0.05, 0.1) is 17.8 Å². The third kappa shape index (κ3) is 1.70. The molecule has 84 valence electrons. The second-order valence-corrected chi connectivity index (χ2v) is 4.00. The summed E-state index contributed by atoms with van der Waals surface area (Å²) in [7, 11) is 0. The van der Waals surface area contributed by atoms with Crippen LogP contribution in [0.15, 0.2) is 60.9 Å². The van der Waals surface area contributed by atoms with Crippen LogP contribution in [-0.2, 0) is 0 Å². The minimum atomic E-state index is -0.193. The summed E-state index contributed by atoms with van der Waals surface area (Å²) in [6.07, 6.45) is 3.83. The lowest BCUT2D eigenvalue weighted by atomic mass is 10.1. The van der Waals surface area contributed by atoms with Gasteiger partial charge in [0.1, 0.15) is 5.82 Å². The second kappa shape index (κ2) is 4.03. The van der Waals surface area contributed by atoms with Gasteiger partial charge in [-0.05, 0) is 17.7 Å². The second-order valence-electron chi connectivity index (χ2n) is 4.00. The molecule has 3 nitrogen and oxygen atoms in total. The van der Waals surface area contributed by atoms with E-state index in [0.717, 1.165) is 16.9 Å². The molecule has 1 atom stereocenters. The maximum Gasteiger partial charge on any atom is 0.134 e. The van der Waals surface area contributed by atoms with Crippen molar-refractivity contribution in [3.8, 4) is 0 Å². The standard InChI is InChI=1S/C14H13N3/c15-13(11-6-2-1-3-7-11)14-16-10-12-8-4-5-9-17(12)14/h1-10,13H,15H2. The number of aromatic nitrogens is 2. The molecular weight excluding hydrogens is 210 g/mol. The van der Waals surface area contributed by atoms with Crippen LogP contribution in [-0.4, -0.2) is 9.38 Å². The minimum absolute atomic E-state index is 0.193. The van der Waals surface area contributed by atoms with E-state index in [4.69, 9.17) is 5.73 Å². The van der Waals surface area contributed by atoms with E-state index in [0.29, 0.717) is 0 Å². The molecule has 0 amide bonds. The summed E-state index contributed by atoms with van der Waals surface area (Å²) in [6, 6.07) is 15.8. The number of nitrogens with two attached hydrogens (primary N) is 1. The number of benzene rings is 1. The molecule has 0 bridgehead atoms. The Labute approximate surface area is 99.5 Å². The first-order valence-corrected chi connectivity index (χ1v) is 5.59. The predicted octanol–water partition coefficient (Wildman–Crippen LogP) is 2.38. The summed E-state index contributed by atoms with van der Waals surface area (Å²) in [5, 5.41) is 0. The van der Waals surface area contributed by atoms with Crippen molar-refractivity contribution in [1.82, 2.24) is 9.38 Å². The smallest absolute Gasteiger partial charge is 0.134 e. The molecule has 2 heterocycles. The highest BCUT2D eigenvalue weighted by atomic mass is 15.0. The van der Waals surface area contributed by atoms with E-state index in [-0.39, 0.29) is 6.04 Å². The van der Waals surface area contributed by atoms with E-state index in [9.17, 15) is 0 Å². The first kappa shape index (κ1) is 10.1. The molecule has 3 rings (SSSR count). The molecule has 1 unspecified atom stereocenters. The van der Waals surface area contributed by atoms with Crippen LogP contribution in [0.25, 0.3) is 5.52 Å². The molecule has 0 radical (unpaired) electrons. The third-order valence-electron chi connectivity index (χ3n) is 2.90. The summed E-state index contributed by atoms with van der Waals surface area (Å²) in [5.41, 5.74) is 8.38. The lowest BCUT2D eigenvalue weighted by Gasteiger charge is -2.10. The van der Waals surface area contributed by atoms with Crippen molar-refractivity contribution < 1.29 is 0 Å². The Morgan fingerprint density at radius 3 is 2.59 bits per heavy atom. The summed E-state index contributed by atoms with van der Waals surface area (Å²) >= 11 is 0. The van der Waals surface area contributed by atoms with Gasteiger partial charge >= 0.3 is 0 Å². The maximum atomic E-state index is 6.24. The quantitative estimate of drug-likeness (QED) is 0.724. The van der Waals surface area contributed by atoms with Gasteiger partial charge in [0.2, 0.25) is 0 Å². The molecule has 0 spiro atoms. The fourth-order valence-electron chi connectivity index (χ4n) is 2.00. The van der Waals surface area contributed by atoms with Crippen LogP contribution in [0.1, 0.15) is 17.4 Å². The van der Waals surface area contributed by atoms with Gasteiger partial charge in [-0.25, -0.2) is 4.98 Å². The normalized spacial score (nSPS) is 12.8. The highest BCUT2D eigenvalue weighted by molar-refractivity contribution is 5.46. The van der Waals surface area contributed by atoms with Crippen molar-refractivity contribution in [2.75, 3.05) is 0 Å². The highest BCUT2D eigenvalue weighted by Gasteiger charge is 2.13. The van der Waals surface area contributed by atoms with E-state index in [1.54, 1.807) is 0 Å². The molecule has 0 aliphatic carbocycles. The van der Waals surface area contributed by atoms with Gasteiger partial charge in [-0.2, -0.15) is 0 Å². The molecule has 0 saturated heterocycles. The summed E-state index contributed by atoms with van der Waals surface area (Å²) < 4.78 is 2.03. The summed E-state index contributed by atoms with van der Waals surface area (Å²) in [5.74, 6) is 0.867. The number of rotatable bonds is 2. The Balaban J connectivity index is 2.10. The molecule has 3 aromatic rings. The van der Waals surface area contributed by atoms with E-state index >= 15 is 0 Å². The van der Waals surface area contributed by atoms with E-state index in [2.05, 4.69) is 4.98 Å². The number of hydrogen-bond acceptors (Lipinski definition) is 2. The van der Waals surface area contributed by atoms with Crippen LogP contribution in [0, 0.1) is 0 Å². The van der Waals surface area contributed by atoms with Crippen LogP contribution in [0.2, 0.25) is 0 Å². The Morgan fingerprint density at radius 2 is 1.76 bits per heavy atom. The third-order valence-corrected chi connectivity index (χ3v) is 2.90. The molecule has 0 saturated carbocycles. The predicted molar refractivity (Wildman–Crippen MR) is 67.7 cm³/mol. The monoisotopic (exact) mass is 223 g/mol. The van der Waals surface area contributed by atoms with Crippen molar-refractivity contribution in [2.24, 2.45) is 5.73 Å². The Kier molecular flexibility index (Phi) is 2.38. The fraction of sp³-hybridized carbons (Fsp3) is 0.0714. The van der Waals surface area contributed by atoms with Crippen molar-refractivity contribution in [3.05, 3.63) is 72.3 Å². The number of nitrogens with zero attached hydrogens (tertiary/aromatic N) is 2. The molecule has 3 heteroatoms. The molecule has 0 aliphatic heterocycles. The van der Waals surface area contributed by atoms with Crippen LogP contribution < -0.4 is 5.73 Å². The largest absolute Gasteiger partial charge is 0.318 e. The lowest BCUT2D eigenvalue weighted by molar-refractivity contribution is 0.777. The minimum Gasteiger partial charge on any atom is -0.318 e. The lowest BCUT2D eigenvalue weighted by Crippen LogP contribution is -2.15. The summed E-state index contributed by atoms with van der Waals surface area (Å²) in [4.78, 5) is 4.41. The zero-order chi connectivity index (χ0) is 11.7. The Morgan fingerprint density at radius 1 is 1.00 bits per heavy atom. The van der Waals surface area contributed by atoms with Crippen LogP contribution in [0.4, 0.5) is 0 Å². The molecule has 17 heavy (non-hydrogen) atoms.